The van der Waals surface area contributed by atoms with Crippen molar-refractivity contribution in [1.29, 1.82) is 0 Å². The summed E-state index contributed by atoms with van der Waals surface area (Å²) in [5, 5.41) is 17.3. The van der Waals surface area contributed by atoms with E-state index in [4.69, 9.17) is 0 Å². The van der Waals surface area contributed by atoms with Crippen LogP contribution in [0.3, 0.4) is 0 Å². The number of hydrogen-bond acceptors (Lipinski definition) is 4. The van der Waals surface area contributed by atoms with Crippen molar-refractivity contribution in [3.8, 4) is 0 Å². The van der Waals surface area contributed by atoms with Crippen molar-refractivity contribution >= 4 is 17.3 Å². The summed E-state index contributed by atoms with van der Waals surface area (Å²) in [6.07, 6.45) is 7.39. The number of nitrogens with zero attached hydrogens (tertiary/aromatic N) is 1. The Morgan fingerprint density at radius 3 is 2.36 bits per heavy atom. The van der Waals surface area contributed by atoms with Gasteiger partial charge in [0.1, 0.15) is 6.04 Å². The highest BCUT2D eigenvalue weighted by Crippen LogP contribution is 2.55. The molecule has 4 bridgehead atoms. The van der Waals surface area contributed by atoms with Crippen molar-refractivity contribution in [3.05, 3.63) is 34.4 Å². The minimum Gasteiger partial charge on any atom is -0.374 e. The molecule has 0 heterocycles. The summed E-state index contributed by atoms with van der Waals surface area (Å²) < 4.78 is 0. The number of carbonyl (C=O) groups is 1. The van der Waals surface area contributed by atoms with Crippen LogP contribution in [0.25, 0.3) is 0 Å². The van der Waals surface area contributed by atoms with E-state index in [1.54, 1.807) is 12.1 Å². The van der Waals surface area contributed by atoms with Crippen molar-refractivity contribution < 1.29 is 9.72 Å². The van der Waals surface area contributed by atoms with Crippen LogP contribution in [-0.2, 0) is 4.79 Å². The summed E-state index contributed by atoms with van der Waals surface area (Å²) in [4.78, 5) is 23.2. The van der Waals surface area contributed by atoms with Crippen LogP contribution in [0.1, 0.15) is 45.4 Å². The number of hydrogen-bond donors (Lipinski definition) is 2. The average Bonchev–Trinajstić information content (AvgIpc) is 2.53. The molecule has 4 aliphatic rings. The number of benzene rings is 1. The molecule has 134 valence electrons. The van der Waals surface area contributed by atoms with Crippen LogP contribution in [0.5, 0.6) is 0 Å². The highest BCUT2D eigenvalue weighted by atomic mass is 16.6. The molecule has 1 amide bonds. The van der Waals surface area contributed by atoms with Gasteiger partial charge in [0, 0.05) is 23.4 Å². The molecule has 1 aromatic carbocycles. The third-order valence-electron chi connectivity index (χ3n) is 6.26. The van der Waals surface area contributed by atoms with E-state index in [9.17, 15) is 14.9 Å². The summed E-state index contributed by atoms with van der Waals surface area (Å²) in [5.74, 6) is 2.35. The maximum Gasteiger partial charge on any atom is 0.271 e. The highest BCUT2D eigenvalue weighted by molar-refractivity contribution is 5.85. The second kappa shape index (κ2) is 6.00. The molecule has 0 unspecified atom stereocenters. The van der Waals surface area contributed by atoms with Gasteiger partial charge >= 0.3 is 0 Å². The molecule has 0 radical (unpaired) electrons. The number of nitro benzene ring substituents is 1. The molecule has 1 atom stereocenters. The van der Waals surface area contributed by atoms with E-state index in [1.807, 2.05) is 6.92 Å². The Kier molecular flexibility index (Phi) is 3.93. The van der Waals surface area contributed by atoms with Gasteiger partial charge in [0.05, 0.1) is 4.92 Å². The Bertz CT molecular complexity index is 668. The molecule has 6 nitrogen and oxygen atoms in total. The Labute approximate surface area is 147 Å². The van der Waals surface area contributed by atoms with Crippen LogP contribution >= 0.6 is 0 Å². The fourth-order valence-electron chi connectivity index (χ4n) is 5.66. The lowest BCUT2D eigenvalue weighted by atomic mass is 9.53. The number of anilines is 1. The molecular formula is C19H25N3O3. The highest BCUT2D eigenvalue weighted by Gasteiger charge is 2.51. The number of non-ortho nitro benzene ring substituents is 1. The number of nitrogens with one attached hydrogen (secondary N) is 2. The third kappa shape index (κ3) is 3.22. The number of nitro groups is 1. The largest absolute Gasteiger partial charge is 0.374 e. The zero-order valence-electron chi connectivity index (χ0n) is 14.5. The lowest BCUT2D eigenvalue weighted by Crippen LogP contribution is -2.61. The van der Waals surface area contributed by atoms with Crippen molar-refractivity contribution in [1.82, 2.24) is 5.32 Å². The van der Waals surface area contributed by atoms with Gasteiger partial charge in [-0.1, -0.05) is 6.07 Å². The molecule has 2 N–H and O–H groups in total. The molecule has 4 aliphatic carbocycles. The number of carbonyl (C=O) groups excluding carboxylic acids is 1. The number of rotatable bonds is 5. The Morgan fingerprint density at radius 1 is 1.20 bits per heavy atom. The van der Waals surface area contributed by atoms with E-state index < -0.39 is 11.0 Å². The van der Waals surface area contributed by atoms with E-state index in [2.05, 4.69) is 10.6 Å². The molecule has 0 spiro atoms. The van der Waals surface area contributed by atoms with Gasteiger partial charge in [0.2, 0.25) is 5.91 Å². The van der Waals surface area contributed by atoms with Crippen LogP contribution in [0.2, 0.25) is 0 Å². The van der Waals surface area contributed by atoms with Gasteiger partial charge in [-0.05, 0) is 69.3 Å². The molecule has 0 aromatic heterocycles. The molecule has 4 saturated carbocycles. The predicted octanol–water partition coefficient (Wildman–Crippen LogP) is 3.48. The first kappa shape index (κ1) is 16.4. The normalized spacial score (nSPS) is 33.7. The van der Waals surface area contributed by atoms with E-state index in [0.717, 1.165) is 37.0 Å². The molecule has 0 aliphatic heterocycles. The van der Waals surface area contributed by atoms with Crippen LogP contribution in [0, 0.1) is 27.9 Å². The van der Waals surface area contributed by atoms with Crippen LogP contribution in [0.4, 0.5) is 11.4 Å². The fraction of sp³-hybridized carbons (Fsp3) is 0.632. The van der Waals surface area contributed by atoms with Crippen LogP contribution in [0.15, 0.2) is 24.3 Å². The third-order valence-corrected chi connectivity index (χ3v) is 6.26. The number of amides is 1. The van der Waals surface area contributed by atoms with Gasteiger partial charge in [0.15, 0.2) is 0 Å². The zero-order valence-corrected chi connectivity index (χ0v) is 14.5. The molecular weight excluding hydrogens is 318 g/mol. The molecule has 5 rings (SSSR count). The molecule has 1 aromatic rings. The fourth-order valence-corrected chi connectivity index (χ4v) is 5.66. The Hall–Kier alpha value is -2.11. The summed E-state index contributed by atoms with van der Waals surface area (Å²) in [6, 6.07) is 5.88. The monoisotopic (exact) mass is 343 g/mol. The Balaban J connectivity index is 1.41. The van der Waals surface area contributed by atoms with E-state index >= 15 is 0 Å². The minimum atomic E-state index is -0.425. The van der Waals surface area contributed by atoms with E-state index in [-0.39, 0.29) is 17.1 Å². The van der Waals surface area contributed by atoms with Gasteiger partial charge < -0.3 is 10.6 Å². The lowest BCUT2D eigenvalue weighted by molar-refractivity contribution is -0.384. The first-order chi connectivity index (χ1) is 11.9. The van der Waals surface area contributed by atoms with Gasteiger partial charge in [-0.15, -0.1) is 0 Å². The van der Waals surface area contributed by atoms with E-state index in [0.29, 0.717) is 5.69 Å². The lowest BCUT2D eigenvalue weighted by Gasteiger charge is -2.57. The van der Waals surface area contributed by atoms with Crippen LogP contribution in [-0.4, -0.2) is 22.4 Å². The topological polar surface area (TPSA) is 84.3 Å². The first-order valence-corrected chi connectivity index (χ1v) is 9.25. The molecule has 0 saturated heterocycles. The van der Waals surface area contributed by atoms with E-state index in [1.165, 1.54) is 31.4 Å². The van der Waals surface area contributed by atoms with Gasteiger partial charge in [-0.25, -0.2) is 0 Å². The SMILES string of the molecule is C[C@H](Nc1cccc([N+](=O)[O-])c1)C(=O)NC12CC3CC(CC(C3)C1)C2. The summed E-state index contributed by atoms with van der Waals surface area (Å²) in [6.45, 7) is 1.81. The Morgan fingerprint density at radius 2 is 1.80 bits per heavy atom. The molecule has 6 heteroatoms. The van der Waals surface area contributed by atoms with Gasteiger partial charge in [0.25, 0.3) is 5.69 Å². The van der Waals surface area contributed by atoms with Crippen molar-refractivity contribution in [3.63, 3.8) is 0 Å². The summed E-state index contributed by atoms with van der Waals surface area (Å²) >= 11 is 0. The quantitative estimate of drug-likeness (QED) is 0.633. The minimum absolute atomic E-state index is 0.00606. The maximum absolute atomic E-state index is 12.7. The second-order valence-corrected chi connectivity index (χ2v) is 8.36. The summed E-state index contributed by atoms with van der Waals surface area (Å²) in [7, 11) is 0. The van der Waals surface area contributed by atoms with Crippen molar-refractivity contribution in [2.24, 2.45) is 17.8 Å². The van der Waals surface area contributed by atoms with Crippen LogP contribution < -0.4 is 10.6 Å². The first-order valence-electron chi connectivity index (χ1n) is 9.25. The second-order valence-electron chi connectivity index (χ2n) is 8.36. The molecule has 25 heavy (non-hydrogen) atoms. The van der Waals surface area contributed by atoms with Gasteiger partial charge in [-0.3, -0.25) is 14.9 Å². The van der Waals surface area contributed by atoms with Crippen molar-refractivity contribution in [2.45, 2.75) is 57.0 Å². The summed E-state index contributed by atoms with van der Waals surface area (Å²) in [5.41, 5.74) is 0.617. The van der Waals surface area contributed by atoms with Crippen molar-refractivity contribution in [2.75, 3.05) is 5.32 Å². The maximum atomic E-state index is 12.7. The smallest absolute Gasteiger partial charge is 0.271 e. The standard InChI is InChI=1S/C19H25N3O3/c1-12(20-16-3-2-4-17(8-16)22(24)25)18(23)21-19-9-13-5-14(10-19)7-15(6-13)11-19/h2-4,8,12-15,20H,5-7,9-11H2,1H3,(H,21,23)/t12-,13?,14?,15?,19?/m0/s1. The zero-order chi connectivity index (χ0) is 17.6. The average molecular weight is 343 g/mol. The predicted molar refractivity (Wildman–Crippen MR) is 95.2 cm³/mol. The molecule has 4 fully saturated rings. The van der Waals surface area contributed by atoms with Gasteiger partial charge in [-0.2, -0.15) is 0 Å².